The molecular formula is C13H17ClO3. The number of carbonyl (C=O) groups is 1. The Morgan fingerprint density at radius 2 is 1.94 bits per heavy atom. The van der Waals surface area contributed by atoms with Gasteiger partial charge in [0.1, 0.15) is 5.38 Å². The summed E-state index contributed by atoms with van der Waals surface area (Å²) in [6.45, 7) is 0.655. The van der Waals surface area contributed by atoms with E-state index in [-0.39, 0.29) is 0 Å². The highest BCUT2D eigenvalue weighted by molar-refractivity contribution is 6.30. The summed E-state index contributed by atoms with van der Waals surface area (Å²) in [6.07, 6.45) is 1.30. The molecule has 1 rings (SSSR count). The lowest BCUT2D eigenvalue weighted by molar-refractivity contribution is -0.140. The number of halogens is 1. The lowest BCUT2D eigenvalue weighted by Gasteiger charge is -2.11. The largest absolute Gasteiger partial charge is 0.468 e. The number of methoxy groups -OCH3 is 2. The van der Waals surface area contributed by atoms with Crippen LogP contribution in [0.4, 0.5) is 0 Å². The van der Waals surface area contributed by atoms with Crippen LogP contribution in [0.25, 0.3) is 0 Å². The van der Waals surface area contributed by atoms with Crippen LogP contribution in [0.2, 0.25) is 0 Å². The Labute approximate surface area is 107 Å². The van der Waals surface area contributed by atoms with Crippen molar-refractivity contribution in [3.8, 4) is 0 Å². The normalized spacial score (nSPS) is 12.2. The third-order valence-corrected chi connectivity index (χ3v) is 2.88. The van der Waals surface area contributed by atoms with Crippen LogP contribution in [0, 0.1) is 0 Å². The Kier molecular flexibility index (Phi) is 6.01. The molecule has 0 N–H and O–H groups in total. The second kappa shape index (κ2) is 7.30. The molecule has 0 aromatic heterocycles. The number of carbonyl (C=O) groups excluding carboxylic acids is 1. The second-order valence-electron chi connectivity index (χ2n) is 3.71. The molecule has 0 aliphatic rings. The van der Waals surface area contributed by atoms with Gasteiger partial charge in [-0.3, -0.25) is 4.79 Å². The van der Waals surface area contributed by atoms with Gasteiger partial charge in [0.25, 0.3) is 0 Å². The molecule has 4 heteroatoms. The molecule has 0 spiro atoms. The molecule has 94 valence electrons. The zero-order valence-corrected chi connectivity index (χ0v) is 10.9. The Balaban J connectivity index is 2.72. The maximum Gasteiger partial charge on any atom is 0.324 e. The number of alkyl halides is 1. The summed E-state index contributed by atoms with van der Waals surface area (Å²) in [7, 11) is 3.01. The lowest BCUT2D eigenvalue weighted by Crippen LogP contribution is -2.19. The fourth-order valence-electron chi connectivity index (χ4n) is 1.62. The summed E-state index contributed by atoms with van der Waals surface area (Å²) in [5, 5.41) is -0.635. The minimum atomic E-state index is -0.635. The summed E-state index contributed by atoms with van der Waals surface area (Å²) >= 11 is 5.97. The smallest absolute Gasteiger partial charge is 0.324 e. The number of rotatable bonds is 6. The van der Waals surface area contributed by atoms with Crippen LogP contribution in [-0.2, 0) is 27.1 Å². The SMILES string of the molecule is COCCc1ccccc1CC(Cl)C(=O)OC. The molecule has 3 nitrogen and oxygen atoms in total. The molecule has 0 saturated carbocycles. The van der Waals surface area contributed by atoms with Crippen LogP contribution in [0.15, 0.2) is 24.3 Å². The van der Waals surface area contributed by atoms with Gasteiger partial charge in [0.15, 0.2) is 0 Å². The highest BCUT2D eigenvalue weighted by atomic mass is 35.5. The van der Waals surface area contributed by atoms with Crippen LogP contribution < -0.4 is 0 Å². The Hall–Kier alpha value is -1.06. The number of esters is 1. The highest BCUT2D eigenvalue weighted by Gasteiger charge is 2.17. The van der Waals surface area contributed by atoms with Gasteiger partial charge in [-0.15, -0.1) is 11.6 Å². The van der Waals surface area contributed by atoms with Gasteiger partial charge in [0.05, 0.1) is 13.7 Å². The lowest BCUT2D eigenvalue weighted by atomic mass is 10.0. The summed E-state index contributed by atoms with van der Waals surface area (Å²) in [5.41, 5.74) is 2.22. The van der Waals surface area contributed by atoms with Crippen molar-refractivity contribution in [1.29, 1.82) is 0 Å². The molecule has 0 heterocycles. The van der Waals surface area contributed by atoms with E-state index >= 15 is 0 Å². The standard InChI is InChI=1S/C13H17ClO3/c1-16-8-7-10-5-3-4-6-11(10)9-12(14)13(15)17-2/h3-6,12H,7-9H2,1-2H3. The summed E-state index contributed by atoms with van der Waals surface area (Å²) in [4.78, 5) is 11.3. The van der Waals surface area contributed by atoms with E-state index in [0.717, 1.165) is 17.5 Å². The summed E-state index contributed by atoms with van der Waals surface area (Å²) < 4.78 is 9.66. The third-order valence-electron chi connectivity index (χ3n) is 2.55. The maximum absolute atomic E-state index is 11.3. The van der Waals surface area contributed by atoms with Crippen LogP contribution >= 0.6 is 11.6 Å². The van der Waals surface area contributed by atoms with Crippen molar-refractivity contribution >= 4 is 17.6 Å². The third kappa shape index (κ3) is 4.36. The van der Waals surface area contributed by atoms with Crippen LogP contribution in [0.3, 0.4) is 0 Å². The zero-order valence-electron chi connectivity index (χ0n) is 10.1. The average Bonchev–Trinajstić information content (AvgIpc) is 2.36. The van der Waals surface area contributed by atoms with E-state index in [2.05, 4.69) is 4.74 Å². The van der Waals surface area contributed by atoms with Gasteiger partial charge in [0.2, 0.25) is 0 Å². The van der Waals surface area contributed by atoms with E-state index in [9.17, 15) is 4.79 Å². The molecule has 1 atom stereocenters. The van der Waals surface area contributed by atoms with Crippen LogP contribution in [0.1, 0.15) is 11.1 Å². The monoisotopic (exact) mass is 256 g/mol. The number of hydrogen-bond donors (Lipinski definition) is 0. The van der Waals surface area contributed by atoms with Gasteiger partial charge in [-0.05, 0) is 24.0 Å². The minimum Gasteiger partial charge on any atom is -0.468 e. The first-order valence-electron chi connectivity index (χ1n) is 5.46. The molecule has 0 fully saturated rings. The molecule has 0 aliphatic carbocycles. The molecule has 1 aromatic rings. The van der Waals surface area contributed by atoms with Crippen molar-refractivity contribution in [2.24, 2.45) is 0 Å². The molecule has 0 bridgehead atoms. The number of ether oxygens (including phenoxy) is 2. The molecule has 0 aliphatic heterocycles. The molecule has 0 amide bonds. The Bertz CT molecular complexity index is 365. The average molecular weight is 257 g/mol. The van der Waals surface area contributed by atoms with E-state index < -0.39 is 11.3 Å². The minimum absolute atomic E-state index is 0.395. The quantitative estimate of drug-likeness (QED) is 0.578. The molecule has 17 heavy (non-hydrogen) atoms. The maximum atomic E-state index is 11.3. The van der Waals surface area contributed by atoms with Crippen molar-refractivity contribution in [3.63, 3.8) is 0 Å². The summed E-state index contributed by atoms with van der Waals surface area (Å²) in [5.74, 6) is -0.395. The van der Waals surface area contributed by atoms with Gasteiger partial charge in [-0.25, -0.2) is 0 Å². The molecule has 0 radical (unpaired) electrons. The fraction of sp³-hybridized carbons (Fsp3) is 0.462. The van der Waals surface area contributed by atoms with Crippen LogP contribution in [0.5, 0.6) is 0 Å². The van der Waals surface area contributed by atoms with E-state index in [0.29, 0.717) is 13.0 Å². The van der Waals surface area contributed by atoms with E-state index in [4.69, 9.17) is 16.3 Å². The van der Waals surface area contributed by atoms with Gasteiger partial charge >= 0.3 is 5.97 Å². The highest BCUT2D eigenvalue weighted by Crippen LogP contribution is 2.15. The van der Waals surface area contributed by atoms with Gasteiger partial charge in [-0.1, -0.05) is 24.3 Å². The van der Waals surface area contributed by atoms with Crippen molar-refractivity contribution in [3.05, 3.63) is 35.4 Å². The fourth-order valence-corrected chi connectivity index (χ4v) is 1.87. The van der Waals surface area contributed by atoms with Gasteiger partial charge in [0, 0.05) is 7.11 Å². The van der Waals surface area contributed by atoms with Crippen molar-refractivity contribution in [2.45, 2.75) is 18.2 Å². The predicted molar refractivity (Wildman–Crippen MR) is 67.4 cm³/mol. The van der Waals surface area contributed by atoms with Crippen molar-refractivity contribution in [1.82, 2.24) is 0 Å². The van der Waals surface area contributed by atoms with Crippen molar-refractivity contribution < 1.29 is 14.3 Å². The van der Waals surface area contributed by atoms with Crippen LogP contribution in [-0.4, -0.2) is 32.2 Å². The first-order chi connectivity index (χ1) is 8.19. The number of benzene rings is 1. The molecule has 1 unspecified atom stereocenters. The Morgan fingerprint density at radius 3 is 2.53 bits per heavy atom. The Morgan fingerprint density at radius 1 is 1.29 bits per heavy atom. The van der Waals surface area contributed by atoms with Gasteiger partial charge < -0.3 is 9.47 Å². The number of hydrogen-bond acceptors (Lipinski definition) is 3. The van der Waals surface area contributed by atoms with E-state index in [1.165, 1.54) is 7.11 Å². The second-order valence-corrected chi connectivity index (χ2v) is 4.23. The van der Waals surface area contributed by atoms with Gasteiger partial charge in [-0.2, -0.15) is 0 Å². The first-order valence-corrected chi connectivity index (χ1v) is 5.90. The zero-order chi connectivity index (χ0) is 12.7. The molecule has 1 aromatic carbocycles. The topological polar surface area (TPSA) is 35.5 Å². The molecule has 0 saturated heterocycles. The van der Waals surface area contributed by atoms with E-state index in [1.54, 1.807) is 7.11 Å². The molecular weight excluding hydrogens is 240 g/mol. The summed E-state index contributed by atoms with van der Waals surface area (Å²) in [6, 6.07) is 7.90. The first kappa shape index (κ1) is 14.0. The van der Waals surface area contributed by atoms with Crippen molar-refractivity contribution in [2.75, 3.05) is 20.8 Å². The predicted octanol–water partition coefficient (Wildman–Crippen LogP) is 2.20. The van der Waals surface area contributed by atoms with E-state index in [1.807, 2.05) is 24.3 Å².